The molecule has 2 rings (SSSR count). The van der Waals surface area contributed by atoms with Gasteiger partial charge in [0.25, 0.3) is 0 Å². The van der Waals surface area contributed by atoms with Crippen LogP contribution in [-0.2, 0) is 0 Å². The topological polar surface area (TPSA) is 65.5 Å². The molecule has 0 fully saturated rings. The summed E-state index contributed by atoms with van der Waals surface area (Å²) in [4.78, 5) is 11.0. The van der Waals surface area contributed by atoms with Gasteiger partial charge in [-0.1, -0.05) is 0 Å². The number of nitrogens with two attached hydrogens (primary N) is 1. The van der Waals surface area contributed by atoms with Crippen LogP contribution in [0.5, 0.6) is 5.75 Å². The molecule has 0 aliphatic heterocycles. The average Bonchev–Trinajstić information content (AvgIpc) is 2.16. The number of halogens is 1. The van der Waals surface area contributed by atoms with Gasteiger partial charge in [-0.25, -0.2) is 4.79 Å². The smallest absolute Gasteiger partial charge is 0.338 e. The molecule has 4 nitrogen and oxygen atoms in total. The second-order valence-corrected chi connectivity index (χ2v) is 2.88. The Balaban J connectivity index is 0.00000112. The van der Waals surface area contributed by atoms with E-state index in [1.54, 1.807) is 25.3 Å². The van der Waals surface area contributed by atoms with E-state index in [2.05, 4.69) is 0 Å². The molecular weight excluding hydrogens is 218 g/mol. The summed E-state index contributed by atoms with van der Waals surface area (Å²) in [7, 11) is 1.55. The summed E-state index contributed by atoms with van der Waals surface area (Å²) in [6.45, 7) is 0. The second-order valence-electron chi connectivity index (χ2n) is 2.88. The van der Waals surface area contributed by atoms with Crippen LogP contribution in [0.1, 0.15) is 0 Å². The SMILES string of the molecule is COc1ccc2c(N)cc(=O)oc2c1.Cl. The van der Waals surface area contributed by atoms with Crippen molar-refractivity contribution < 1.29 is 9.15 Å². The Morgan fingerprint density at radius 2 is 2.07 bits per heavy atom. The fourth-order valence-electron chi connectivity index (χ4n) is 1.30. The maximum absolute atomic E-state index is 11.0. The van der Waals surface area contributed by atoms with Crippen molar-refractivity contribution >= 4 is 29.1 Å². The number of nitrogen functional groups attached to an aromatic ring is 1. The van der Waals surface area contributed by atoms with Crippen LogP contribution in [0.15, 0.2) is 33.5 Å². The zero-order chi connectivity index (χ0) is 10.1. The van der Waals surface area contributed by atoms with E-state index in [1.807, 2.05) is 0 Å². The third-order valence-corrected chi connectivity index (χ3v) is 1.98. The Morgan fingerprint density at radius 3 is 2.73 bits per heavy atom. The van der Waals surface area contributed by atoms with Crippen molar-refractivity contribution in [2.24, 2.45) is 0 Å². The summed E-state index contributed by atoms with van der Waals surface area (Å²) in [6.07, 6.45) is 0. The predicted molar refractivity (Wildman–Crippen MR) is 60.7 cm³/mol. The van der Waals surface area contributed by atoms with Gasteiger partial charge < -0.3 is 14.9 Å². The highest BCUT2D eigenvalue weighted by molar-refractivity contribution is 5.89. The van der Waals surface area contributed by atoms with Gasteiger partial charge in [0.15, 0.2) is 0 Å². The molecule has 0 atom stereocenters. The molecule has 1 heterocycles. The number of methoxy groups -OCH3 is 1. The molecule has 0 amide bonds. The second kappa shape index (κ2) is 4.23. The Morgan fingerprint density at radius 1 is 1.33 bits per heavy atom. The van der Waals surface area contributed by atoms with E-state index in [9.17, 15) is 4.79 Å². The summed E-state index contributed by atoms with van der Waals surface area (Å²) < 4.78 is 9.97. The number of anilines is 1. The van der Waals surface area contributed by atoms with Crippen LogP contribution < -0.4 is 16.1 Å². The van der Waals surface area contributed by atoms with Gasteiger partial charge in [0.1, 0.15) is 11.3 Å². The molecule has 5 heteroatoms. The first-order chi connectivity index (χ1) is 6.70. The number of rotatable bonds is 1. The largest absolute Gasteiger partial charge is 0.497 e. The number of benzene rings is 1. The van der Waals surface area contributed by atoms with E-state index in [-0.39, 0.29) is 12.4 Å². The van der Waals surface area contributed by atoms with Crippen LogP contribution in [0.4, 0.5) is 5.69 Å². The molecule has 0 radical (unpaired) electrons. The Labute approximate surface area is 92.1 Å². The van der Waals surface area contributed by atoms with Gasteiger partial charge in [-0.05, 0) is 12.1 Å². The normalized spacial score (nSPS) is 9.67. The number of ether oxygens (including phenoxy) is 1. The lowest BCUT2D eigenvalue weighted by Crippen LogP contribution is -2.00. The lowest BCUT2D eigenvalue weighted by molar-refractivity contribution is 0.414. The van der Waals surface area contributed by atoms with Gasteiger partial charge >= 0.3 is 5.63 Å². The van der Waals surface area contributed by atoms with Crippen molar-refractivity contribution in [3.63, 3.8) is 0 Å². The summed E-state index contributed by atoms with van der Waals surface area (Å²) in [5.74, 6) is 0.631. The molecule has 0 unspecified atom stereocenters. The Bertz CT molecular complexity index is 536. The van der Waals surface area contributed by atoms with Crippen LogP contribution in [0.2, 0.25) is 0 Å². The van der Waals surface area contributed by atoms with Crippen LogP contribution in [0, 0.1) is 0 Å². The van der Waals surface area contributed by atoms with Gasteiger partial charge in [0.05, 0.1) is 7.11 Å². The molecule has 0 aliphatic rings. The van der Waals surface area contributed by atoms with Gasteiger partial charge in [0, 0.05) is 23.2 Å². The fraction of sp³-hybridized carbons (Fsp3) is 0.100. The van der Waals surface area contributed by atoms with Gasteiger partial charge in [-0.3, -0.25) is 0 Å². The zero-order valence-electron chi connectivity index (χ0n) is 8.02. The molecule has 1 aromatic heterocycles. The van der Waals surface area contributed by atoms with Gasteiger partial charge in [-0.15, -0.1) is 12.4 Å². The molecule has 0 saturated heterocycles. The summed E-state index contributed by atoms with van der Waals surface area (Å²) >= 11 is 0. The van der Waals surface area contributed by atoms with Crippen LogP contribution in [0.25, 0.3) is 11.0 Å². The first-order valence-electron chi connectivity index (χ1n) is 4.08. The highest BCUT2D eigenvalue weighted by Gasteiger charge is 2.03. The third-order valence-electron chi connectivity index (χ3n) is 1.98. The minimum absolute atomic E-state index is 0. The first-order valence-corrected chi connectivity index (χ1v) is 4.08. The van der Waals surface area contributed by atoms with Crippen molar-refractivity contribution in [1.82, 2.24) is 0 Å². The van der Waals surface area contributed by atoms with E-state index in [4.69, 9.17) is 14.9 Å². The van der Waals surface area contributed by atoms with Crippen LogP contribution in [0.3, 0.4) is 0 Å². The minimum Gasteiger partial charge on any atom is -0.497 e. The standard InChI is InChI=1S/C10H9NO3.ClH/c1-13-6-2-3-7-8(11)5-10(12)14-9(7)4-6;/h2-5H,11H2,1H3;1H. The Hall–Kier alpha value is -1.68. The molecule has 2 N–H and O–H groups in total. The van der Waals surface area contributed by atoms with Crippen molar-refractivity contribution in [1.29, 1.82) is 0 Å². The third kappa shape index (κ3) is 2.05. The number of fused-ring (bicyclic) bond motifs is 1. The van der Waals surface area contributed by atoms with E-state index in [0.29, 0.717) is 22.4 Å². The highest BCUT2D eigenvalue weighted by atomic mass is 35.5. The minimum atomic E-state index is -0.455. The summed E-state index contributed by atoms with van der Waals surface area (Å²) in [5, 5.41) is 0.713. The fourth-order valence-corrected chi connectivity index (χ4v) is 1.30. The molecule has 0 aliphatic carbocycles. The summed E-state index contributed by atoms with van der Waals surface area (Å²) in [5.41, 5.74) is 6.05. The van der Waals surface area contributed by atoms with E-state index in [1.165, 1.54) is 6.07 Å². The van der Waals surface area contributed by atoms with E-state index < -0.39 is 5.63 Å². The number of hydrogen-bond acceptors (Lipinski definition) is 4. The van der Waals surface area contributed by atoms with Crippen molar-refractivity contribution in [3.05, 3.63) is 34.7 Å². The van der Waals surface area contributed by atoms with E-state index in [0.717, 1.165) is 0 Å². The lowest BCUT2D eigenvalue weighted by atomic mass is 10.2. The Kier molecular flexibility index (Phi) is 3.21. The van der Waals surface area contributed by atoms with Crippen LogP contribution in [-0.4, -0.2) is 7.11 Å². The molecule has 80 valence electrons. The monoisotopic (exact) mass is 227 g/mol. The zero-order valence-corrected chi connectivity index (χ0v) is 8.84. The molecular formula is C10H10ClNO3. The predicted octanol–water partition coefficient (Wildman–Crippen LogP) is 1.81. The van der Waals surface area contributed by atoms with Crippen molar-refractivity contribution in [3.8, 4) is 5.75 Å². The van der Waals surface area contributed by atoms with E-state index >= 15 is 0 Å². The van der Waals surface area contributed by atoms with Crippen molar-refractivity contribution in [2.75, 3.05) is 12.8 Å². The molecule has 2 aromatic rings. The first kappa shape index (κ1) is 11.4. The lowest BCUT2D eigenvalue weighted by Gasteiger charge is -2.02. The molecule has 1 aromatic carbocycles. The van der Waals surface area contributed by atoms with Crippen molar-refractivity contribution in [2.45, 2.75) is 0 Å². The quantitative estimate of drug-likeness (QED) is 0.755. The van der Waals surface area contributed by atoms with Gasteiger partial charge in [0.2, 0.25) is 0 Å². The molecule has 0 saturated carbocycles. The average molecular weight is 228 g/mol. The summed E-state index contributed by atoms with van der Waals surface area (Å²) in [6, 6.07) is 6.41. The molecule has 15 heavy (non-hydrogen) atoms. The highest BCUT2D eigenvalue weighted by Crippen LogP contribution is 2.23. The maximum atomic E-state index is 11.0. The van der Waals surface area contributed by atoms with Crippen LogP contribution >= 0.6 is 12.4 Å². The maximum Gasteiger partial charge on any atom is 0.338 e. The number of hydrogen-bond donors (Lipinski definition) is 1. The molecule has 0 bridgehead atoms. The van der Waals surface area contributed by atoms with Gasteiger partial charge in [-0.2, -0.15) is 0 Å². The molecule has 0 spiro atoms.